The number of hydrogen-bond donors (Lipinski definition) is 2. The third kappa shape index (κ3) is 2.43. The third-order valence-electron chi connectivity index (χ3n) is 3.76. The van der Waals surface area contributed by atoms with Crippen LogP contribution in [0, 0.1) is 5.41 Å². The first-order valence-electron chi connectivity index (χ1n) is 7.04. The van der Waals surface area contributed by atoms with Crippen molar-refractivity contribution >= 4 is 0 Å². The van der Waals surface area contributed by atoms with Crippen molar-refractivity contribution in [2.24, 2.45) is 5.41 Å². The normalized spacial score (nSPS) is 20.6. The monoisotopic (exact) mass is 272 g/mol. The Morgan fingerprint density at radius 1 is 1.40 bits per heavy atom. The van der Waals surface area contributed by atoms with Gasteiger partial charge >= 0.3 is 0 Å². The Morgan fingerprint density at radius 2 is 2.25 bits per heavy atom. The second-order valence-corrected chi connectivity index (χ2v) is 6.09. The average Bonchev–Trinajstić information content (AvgIpc) is 2.90. The van der Waals surface area contributed by atoms with Gasteiger partial charge in [-0.3, -0.25) is 5.10 Å². The molecular weight excluding hydrogens is 252 g/mol. The molecule has 3 rings (SSSR count). The SMILES string of the molecule is CCNC1CC(C)(C)Cc2nc(-c3ncn[nH]3)ncc21. The van der Waals surface area contributed by atoms with Gasteiger partial charge in [-0.05, 0) is 24.8 Å². The van der Waals surface area contributed by atoms with Gasteiger partial charge in [0.2, 0.25) is 0 Å². The zero-order valence-electron chi connectivity index (χ0n) is 12.1. The lowest BCUT2D eigenvalue weighted by Crippen LogP contribution is -2.34. The van der Waals surface area contributed by atoms with Crippen molar-refractivity contribution in [3.63, 3.8) is 0 Å². The first-order valence-corrected chi connectivity index (χ1v) is 7.04. The van der Waals surface area contributed by atoms with Crippen molar-refractivity contribution in [2.75, 3.05) is 6.54 Å². The highest BCUT2D eigenvalue weighted by Gasteiger charge is 2.33. The molecule has 6 nitrogen and oxygen atoms in total. The molecule has 1 aliphatic carbocycles. The van der Waals surface area contributed by atoms with E-state index in [-0.39, 0.29) is 5.41 Å². The summed E-state index contributed by atoms with van der Waals surface area (Å²) in [7, 11) is 0. The molecule has 0 bridgehead atoms. The van der Waals surface area contributed by atoms with Gasteiger partial charge in [0, 0.05) is 23.5 Å². The van der Waals surface area contributed by atoms with Crippen molar-refractivity contribution in [3.8, 4) is 11.6 Å². The van der Waals surface area contributed by atoms with Crippen molar-refractivity contribution in [2.45, 2.75) is 39.7 Å². The molecule has 0 aliphatic heterocycles. The summed E-state index contributed by atoms with van der Waals surface area (Å²) in [5, 5.41) is 10.2. The number of rotatable bonds is 3. The number of nitrogens with zero attached hydrogens (tertiary/aromatic N) is 4. The van der Waals surface area contributed by atoms with Gasteiger partial charge in [-0.2, -0.15) is 5.10 Å². The zero-order valence-corrected chi connectivity index (χ0v) is 12.1. The number of aromatic amines is 1. The molecule has 2 aromatic rings. The second kappa shape index (κ2) is 4.94. The Kier molecular flexibility index (Phi) is 3.25. The van der Waals surface area contributed by atoms with Gasteiger partial charge in [0.15, 0.2) is 11.6 Å². The summed E-state index contributed by atoms with van der Waals surface area (Å²) < 4.78 is 0. The summed E-state index contributed by atoms with van der Waals surface area (Å²) in [5.74, 6) is 1.24. The summed E-state index contributed by atoms with van der Waals surface area (Å²) in [6, 6.07) is 0.336. The molecular formula is C14H20N6. The zero-order chi connectivity index (χ0) is 14.2. The van der Waals surface area contributed by atoms with Gasteiger partial charge in [0.05, 0.1) is 0 Å². The van der Waals surface area contributed by atoms with E-state index in [9.17, 15) is 0 Å². The summed E-state index contributed by atoms with van der Waals surface area (Å²) in [5.41, 5.74) is 2.58. The molecule has 0 saturated carbocycles. The summed E-state index contributed by atoms with van der Waals surface area (Å²) >= 11 is 0. The van der Waals surface area contributed by atoms with Crippen LogP contribution in [0.1, 0.15) is 44.5 Å². The fraction of sp³-hybridized carbons (Fsp3) is 0.571. The molecule has 20 heavy (non-hydrogen) atoms. The summed E-state index contributed by atoms with van der Waals surface area (Å²) in [6.07, 6.45) is 5.49. The second-order valence-electron chi connectivity index (χ2n) is 6.09. The molecule has 0 saturated heterocycles. The predicted octanol–water partition coefficient (Wildman–Crippen LogP) is 1.88. The van der Waals surface area contributed by atoms with Gasteiger partial charge in [-0.25, -0.2) is 15.0 Å². The maximum atomic E-state index is 4.70. The van der Waals surface area contributed by atoms with Crippen LogP contribution in [0.4, 0.5) is 0 Å². The van der Waals surface area contributed by atoms with Crippen LogP contribution in [0.5, 0.6) is 0 Å². The molecule has 0 spiro atoms. The van der Waals surface area contributed by atoms with Crippen LogP contribution < -0.4 is 5.32 Å². The highest BCUT2D eigenvalue weighted by Crippen LogP contribution is 2.39. The van der Waals surface area contributed by atoms with Crippen LogP contribution in [0.3, 0.4) is 0 Å². The minimum atomic E-state index is 0.243. The van der Waals surface area contributed by atoms with Gasteiger partial charge in [0.1, 0.15) is 6.33 Å². The number of aromatic nitrogens is 5. The molecule has 6 heteroatoms. The average molecular weight is 272 g/mol. The quantitative estimate of drug-likeness (QED) is 0.892. The van der Waals surface area contributed by atoms with Gasteiger partial charge in [0.25, 0.3) is 0 Å². The molecule has 1 aliphatic rings. The van der Waals surface area contributed by atoms with Gasteiger partial charge < -0.3 is 5.32 Å². The maximum absolute atomic E-state index is 4.70. The van der Waals surface area contributed by atoms with Crippen molar-refractivity contribution in [3.05, 3.63) is 23.8 Å². The minimum absolute atomic E-state index is 0.243. The molecule has 2 heterocycles. The topological polar surface area (TPSA) is 79.4 Å². The highest BCUT2D eigenvalue weighted by atomic mass is 15.2. The standard InChI is InChI=1S/C14H20N6/c1-4-15-10-5-14(2,3)6-11-9(10)7-16-12(19-11)13-17-8-18-20-13/h7-8,10,15H,4-6H2,1-3H3,(H,17,18,20). The lowest BCUT2D eigenvalue weighted by atomic mass is 9.74. The van der Waals surface area contributed by atoms with Crippen LogP contribution in [0.25, 0.3) is 11.6 Å². The molecule has 0 aromatic carbocycles. The van der Waals surface area contributed by atoms with Crippen LogP contribution in [0.2, 0.25) is 0 Å². The first-order chi connectivity index (χ1) is 9.59. The number of hydrogen-bond acceptors (Lipinski definition) is 5. The first kappa shape index (κ1) is 13.2. The van der Waals surface area contributed by atoms with E-state index in [4.69, 9.17) is 4.98 Å². The third-order valence-corrected chi connectivity index (χ3v) is 3.76. The Hall–Kier alpha value is -1.82. The fourth-order valence-electron chi connectivity index (χ4n) is 2.90. The number of nitrogens with one attached hydrogen (secondary N) is 2. The summed E-state index contributed by atoms with van der Waals surface area (Å²) in [4.78, 5) is 13.2. The molecule has 0 fully saturated rings. The molecule has 1 atom stereocenters. The van der Waals surface area contributed by atoms with E-state index in [1.807, 2.05) is 6.20 Å². The predicted molar refractivity (Wildman–Crippen MR) is 75.9 cm³/mol. The van der Waals surface area contributed by atoms with Gasteiger partial charge in [-0.15, -0.1) is 0 Å². The van der Waals surface area contributed by atoms with Crippen LogP contribution in [0.15, 0.2) is 12.5 Å². The molecule has 106 valence electrons. The molecule has 0 radical (unpaired) electrons. The minimum Gasteiger partial charge on any atom is -0.310 e. The van der Waals surface area contributed by atoms with E-state index in [1.165, 1.54) is 11.9 Å². The maximum Gasteiger partial charge on any atom is 0.197 e. The van der Waals surface area contributed by atoms with E-state index in [0.29, 0.717) is 17.7 Å². The smallest absolute Gasteiger partial charge is 0.197 e. The summed E-state index contributed by atoms with van der Waals surface area (Å²) in [6.45, 7) is 7.65. The van der Waals surface area contributed by atoms with Crippen LogP contribution in [-0.4, -0.2) is 31.7 Å². The lowest BCUT2D eigenvalue weighted by molar-refractivity contribution is 0.255. The van der Waals surface area contributed by atoms with E-state index in [2.05, 4.69) is 46.3 Å². The Balaban J connectivity index is 2.01. The molecule has 2 aromatic heterocycles. The van der Waals surface area contributed by atoms with Crippen molar-refractivity contribution in [1.29, 1.82) is 0 Å². The molecule has 0 amide bonds. The Morgan fingerprint density at radius 3 is 2.95 bits per heavy atom. The molecule has 2 N–H and O–H groups in total. The van der Waals surface area contributed by atoms with E-state index < -0.39 is 0 Å². The van der Waals surface area contributed by atoms with Crippen LogP contribution in [-0.2, 0) is 6.42 Å². The number of fused-ring (bicyclic) bond motifs is 1. The lowest BCUT2D eigenvalue weighted by Gasteiger charge is -2.36. The van der Waals surface area contributed by atoms with Crippen molar-refractivity contribution in [1.82, 2.24) is 30.5 Å². The molecule has 1 unspecified atom stereocenters. The number of H-pyrrole nitrogens is 1. The van der Waals surface area contributed by atoms with E-state index in [0.717, 1.165) is 25.1 Å². The van der Waals surface area contributed by atoms with E-state index >= 15 is 0 Å². The highest BCUT2D eigenvalue weighted by molar-refractivity contribution is 5.43. The van der Waals surface area contributed by atoms with E-state index in [1.54, 1.807) is 0 Å². The van der Waals surface area contributed by atoms with Crippen molar-refractivity contribution < 1.29 is 0 Å². The Bertz CT molecular complexity index is 590. The fourth-order valence-corrected chi connectivity index (χ4v) is 2.90. The Labute approximate surface area is 118 Å². The van der Waals surface area contributed by atoms with Gasteiger partial charge in [-0.1, -0.05) is 20.8 Å². The largest absolute Gasteiger partial charge is 0.310 e. The van der Waals surface area contributed by atoms with Crippen LogP contribution >= 0.6 is 0 Å².